The molecule has 5 rings (SSSR count). The van der Waals surface area contributed by atoms with Crippen LogP contribution in [0.1, 0.15) is 32.7 Å². The molecule has 0 bridgehead atoms. The molecule has 8 heteroatoms. The number of nitrogens with zero attached hydrogens (tertiary/aromatic N) is 2. The standard InChI is InChI=1S/C26H19FN2O4S/c1-15-24(34-25(28-15)16-8-3-2-4-9-16)22(30)20-21(18-11-5-6-12-19(18)27)29(26(32)23(20)31)14-17-10-7-13-33-17/h2-13,21,31H,14H2,1H3. The average Bonchev–Trinajstić information content (AvgIpc) is 3.55. The summed E-state index contributed by atoms with van der Waals surface area (Å²) in [4.78, 5) is 32.9. The predicted octanol–water partition coefficient (Wildman–Crippen LogP) is 5.63. The second kappa shape index (κ2) is 8.72. The van der Waals surface area contributed by atoms with E-state index in [4.69, 9.17) is 4.42 Å². The fourth-order valence-corrected chi connectivity index (χ4v) is 5.10. The van der Waals surface area contributed by atoms with Crippen molar-refractivity contribution in [1.82, 2.24) is 9.88 Å². The molecule has 0 radical (unpaired) electrons. The van der Waals surface area contributed by atoms with E-state index in [0.29, 0.717) is 16.5 Å². The smallest absolute Gasteiger partial charge is 0.290 e. The van der Waals surface area contributed by atoms with E-state index in [1.54, 1.807) is 25.1 Å². The minimum Gasteiger partial charge on any atom is -0.503 e. The number of hydrogen-bond donors (Lipinski definition) is 1. The normalized spacial score (nSPS) is 15.9. The summed E-state index contributed by atoms with van der Waals surface area (Å²) in [7, 11) is 0. The first-order valence-corrected chi connectivity index (χ1v) is 11.4. The molecule has 3 heterocycles. The lowest BCUT2D eigenvalue weighted by atomic mass is 9.94. The summed E-state index contributed by atoms with van der Waals surface area (Å²) < 4.78 is 20.3. The summed E-state index contributed by atoms with van der Waals surface area (Å²) in [5.41, 5.74) is 1.26. The summed E-state index contributed by atoms with van der Waals surface area (Å²) in [6.45, 7) is 1.66. The number of aryl methyl sites for hydroxylation is 1. The molecule has 2 aromatic heterocycles. The van der Waals surface area contributed by atoms with Crippen molar-refractivity contribution in [1.29, 1.82) is 0 Å². The first-order valence-electron chi connectivity index (χ1n) is 10.5. The Morgan fingerprint density at radius 1 is 1.12 bits per heavy atom. The van der Waals surface area contributed by atoms with Crippen molar-refractivity contribution in [2.75, 3.05) is 0 Å². The third-order valence-corrected chi connectivity index (χ3v) is 6.88. The molecule has 170 valence electrons. The van der Waals surface area contributed by atoms with E-state index < -0.39 is 29.3 Å². The van der Waals surface area contributed by atoms with Gasteiger partial charge in [0.15, 0.2) is 5.76 Å². The molecular formula is C26H19FN2O4S. The van der Waals surface area contributed by atoms with Crippen molar-refractivity contribution in [3.05, 3.63) is 112 Å². The van der Waals surface area contributed by atoms with Gasteiger partial charge in [-0.1, -0.05) is 48.5 Å². The zero-order valence-corrected chi connectivity index (χ0v) is 18.9. The van der Waals surface area contributed by atoms with Crippen molar-refractivity contribution in [3.8, 4) is 10.6 Å². The second-order valence-electron chi connectivity index (χ2n) is 7.83. The Bertz CT molecular complexity index is 1410. The highest BCUT2D eigenvalue weighted by atomic mass is 32.1. The average molecular weight is 475 g/mol. The van der Waals surface area contributed by atoms with Gasteiger partial charge in [-0.25, -0.2) is 9.37 Å². The zero-order chi connectivity index (χ0) is 23.8. The molecule has 2 aromatic carbocycles. The number of hydrogen-bond acceptors (Lipinski definition) is 6. The zero-order valence-electron chi connectivity index (χ0n) is 18.1. The van der Waals surface area contributed by atoms with Gasteiger partial charge in [-0.2, -0.15) is 0 Å². The van der Waals surface area contributed by atoms with Gasteiger partial charge in [0, 0.05) is 11.1 Å². The van der Waals surface area contributed by atoms with E-state index in [-0.39, 0.29) is 22.6 Å². The Morgan fingerprint density at radius 3 is 2.56 bits per heavy atom. The van der Waals surface area contributed by atoms with E-state index in [0.717, 1.165) is 5.56 Å². The molecule has 0 spiro atoms. The maximum atomic E-state index is 14.9. The number of benzene rings is 2. The maximum Gasteiger partial charge on any atom is 0.290 e. The van der Waals surface area contributed by atoms with Gasteiger partial charge < -0.3 is 14.4 Å². The van der Waals surface area contributed by atoms with Gasteiger partial charge in [0.2, 0.25) is 5.78 Å². The van der Waals surface area contributed by atoms with E-state index in [1.165, 1.54) is 40.7 Å². The maximum absolute atomic E-state index is 14.9. The summed E-state index contributed by atoms with van der Waals surface area (Å²) in [5, 5.41) is 11.5. The number of aliphatic hydroxyl groups excluding tert-OH is 1. The van der Waals surface area contributed by atoms with Gasteiger partial charge in [-0.3, -0.25) is 9.59 Å². The highest BCUT2D eigenvalue weighted by molar-refractivity contribution is 7.17. The lowest BCUT2D eigenvalue weighted by Crippen LogP contribution is -2.31. The van der Waals surface area contributed by atoms with Crippen LogP contribution >= 0.6 is 11.3 Å². The third-order valence-electron chi connectivity index (χ3n) is 5.68. The Balaban J connectivity index is 1.60. The van der Waals surface area contributed by atoms with Crippen molar-refractivity contribution in [2.45, 2.75) is 19.5 Å². The quantitative estimate of drug-likeness (QED) is 0.366. The minimum atomic E-state index is -1.12. The van der Waals surface area contributed by atoms with Gasteiger partial charge in [-0.05, 0) is 25.1 Å². The summed E-state index contributed by atoms with van der Waals surface area (Å²) >= 11 is 1.17. The number of aliphatic hydroxyl groups is 1. The Hall–Kier alpha value is -4.04. The Labute approximate surface area is 198 Å². The molecule has 1 aliphatic heterocycles. The number of halogens is 1. The molecular weight excluding hydrogens is 455 g/mol. The Kier molecular flexibility index (Phi) is 5.59. The van der Waals surface area contributed by atoms with Crippen LogP contribution < -0.4 is 0 Å². The van der Waals surface area contributed by atoms with Gasteiger partial charge in [0.1, 0.15) is 16.6 Å². The van der Waals surface area contributed by atoms with Crippen LogP contribution in [-0.4, -0.2) is 26.7 Å². The molecule has 1 aliphatic rings. The van der Waals surface area contributed by atoms with Crippen LogP contribution in [0.25, 0.3) is 10.6 Å². The van der Waals surface area contributed by atoms with Crippen LogP contribution in [0.5, 0.6) is 0 Å². The van der Waals surface area contributed by atoms with Gasteiger partial charge in [0.25, 0.3) is 5.91 Å². The lowest BCUT2D eigenvalue weighted by Gasteiger charge is -2.26. The number of rotatable bonds is 6. The van der Waals surface area contributed by atoms with Gasteiger partial charge >= 0.3 is 0 Å². The van der Waals surface area contributed by atoms with Crippen molar-refractivity contribution in [3.63, 3.8) is 0 Å². The fourth-order valence-electron chi connectivity index (χ4n) is 4.07. The van der Waals surface area contributed by atoms with E-state index in [1.807, 2.05) is 30.3 Å². The van der Waals surface area contributed by atoms with Crippen LogP contribution in [0.4, 0.5) is 4.39 Å². The number of carbonyl (C=O) groups excluding carboxylic acids is 2. The summed E-state index contributed by atoms with van der Waals surface area (Å²) in [6.07, 6.45) is 1.46. The number of carbonyl (C=O) groups is 2. The highest BCUT2D eigenvalue weighted by Crippen LogP contribution is 2.42. The van der Waals surface area contributed by atoms with Crippen molar-refractivity contribution < 1.29 is 23.5 Å². The minimum absolute atomic E-state index is 0.0391. The molecule has 1 N–H and O–H groups in total. The largest absolute Gasteiger partial charge is 0.503 e. The first-order chi connectivity index (χ1) is 16.5. The molecule has 0 aliphatic carbocycles. The van der Waals surface area contributed by atoms with Crippen LogP contribution in [0, 0.1) is 12.7 Å². The molecule has 6 nitrogen and oxygen atoms in total. The van der Waals surface area contributed by atoms with E-state index in [9.17, 15) is 19.1 Å². The van der Waals surface area contributed by atoms with Gasteiger partial charge in [-0.15, -0.1) is 11.3 Å². The Morgan fingerprint density at radius 2 is 1.85 bits per heavy atom. The molecule has 0 saturated heterocycles. The molecule has 1 unspecified atom stereocenters. The second-order valence-corrected chi connectivity index (χ2v) is 8.83. The molecule has 1 atom stereocenters. The molecule has 4 aromatic rings. The molecule has 0 saturated carbocycles. The SMILES string of the molecule is Cc1nc(-c2ccccc2)sc1C(=O)C1=C(O)C(=O)N(Cc2ccco2)C1c1ccccc1F. The van der Waals surface area contributed by atoms with Crippen LogP contribution in [0.2, 0.25) is 0 Å². The number of furan rings is 1. The van der Waals surface area contributed by atoms with E-state index in [2.05, 4.69) is 4.98 Å². The number of ketones is 1. The lowest BCUT2D eigenvalue weighted by molar-refractivity contribution is -0.130. The summed E-state index contributed by atoms with van der Waals surface area (Å²) in [6, 6.07) is 17.5. The van der Waals surface area contributed by atoms with E-state index >= 15 is 0 Å². The number of thiazole rings is 1. The molecule has 0 fully saturated rings. The topological polar surface area (TPSA) is 83.6 Å². The monoisotopic (exact) mass is 474 g/mol. The number of Topliss-reactive ketones (excluding diaryl/α,β-unsaturated/α-hetero) is 1. The number of aromatic nitrogens is 1. The fraction of sp³-hybridized carbons (Fsp3) is 0.115. The molecule has 34 heavy (non-hydrogen) atoms. The first kappa shape index (κ1) is 21.8. The third kappa shape index (κ3) is 3.72. The predicted molar refractivity (Wildman–Crippen MR) is 125 cm³/mol. The van der Waals surface area contributed by atoms with Crippen LogP contribution in [0.3, 0.4) is 0 Å². The summed E-state index contributed by atoms with van der Waals surface area (Å²) in [5.74, 6) is -2.16. The highest BCUT2D eigenvalue weighted by Gasteiger charge is 2.45. The number of amides is 1. The molecule has 1 amide bonds. The van der Waals surface area contributed by atoms with Crippen molar-refractivity contribution in [2.24, 2.45) is 0 Å². The van der Waals surface area contributed by atoms with Crippen molar-refractivity contribution >= 4 is 23.0 Å². The van der Waals surface area contributed by atoms with Crippen LogP contribution in [-0.2, 0) is 11.3 Å². The van der Waals surface area contributed by atoms with Crippen LogP contribution in [0.15, 0.2) is 88.7 Å². The van der Waals surface area contributed by atoms with Gasteiger partial charge in [0.05, 0.1) is 35.0 Å².